The van der Waals surface area contributed by atoms with Crippen molar-refractivity contribution in [2.24, 2.45) is 5.73 Å². The van der Waals surface area contributed by atoms with E-state index >= 15 is 0 Å². The van der Waals surface area contributed by atoms with Crippen LogP contribution in [0.3, 0.4) is 0 Å². The van der Waals surface area contributed by atoms with Crippen molar-refractivity contribution in [3.8, 4) is 0 Å². The fourth-order valence-electron chi connectivity index (χ4n) is 1.46. The number of hydrogen-bond donors (Lipinski definition) is 8. The zero-order chi connectivity index (χ0) is 20.8. The van der Waals surface area contributed by atoms with Gasteiger partial charge in [0.15, 0.2) is 0 Å². The molecule has 5 amide bonds. The van der Waals surface area contributed by atoms with Crippen molar-refractivity contribution < 1.29 is 39.0 Å². The SMILES string of the molecule is NCC(=O)NCC(=O)NCC(=O)NCC(=O)N[C@@H](CO)C(=O)NCC(=O)O. The van der Waals surface area contributed by atoms with Crippen LogP contribution in [-0.4, -0.2) is 91.1 Å². The summed E-state index contributed by atoms with van der Waals surface area (Å²) in [6.07, 6.45) is 0. The highest BCUT2D eigenvalue weighted by molar-refractivity contribution is 5.92. The third-order valence-corrected chi connectivity index (χ3v) is 2.77. The van der Waals surface area contributed by atoms with Crippen LogP contribution in [0.15, 0.2) is 0 Å². The molecule has 1 atom stereocenters. The van der Waals surface area contributed by atoms with Gasteiger partial charge in [-0.1, -0.05) is 0 Å². The molecule has 0 aliphatic carbocycles. The largest absolute Gasteiger partial charge is 0.480 e. The summed E-state index contributed by atoms with van der Waals surface area (Å²) in [7, 11) is 0. The van der Waals surface area contributed by atoms with Gasteiger partial charge in [-0.15, -0.1) is 0 Å². The number of nitrogens with two attached hydrogens (primary N) is 1. The number of nitrogens with one attached hydrogen (secondary N) is 5. The molecule has 0 aromatic heterocycles. The van der Waals surface area contributed by atoms with E-state index in [2.05, 4.69) is 21.3 Å². The molecule has 0 heterocycles. The Morgan fingerprint density at radius 2 is 1.22 bits per heavy atom. The van der Waals surface area contributed by atoms with Gasteiger partial charge < -0.3 is 42.5 Å². The lowest BCUT2D eigenvalue weighted by atomic mass is 10.3. The Morgan fingerprint density at radius 1 is 0.741 bits per heavy atom. The van der Waals surface area contributed by atoms with Gasteiger partial charge in [-0.2, -0.15) is 0 Å². The maximum absolute atomic E-state index is 11.6. The summed E-state index contributed by atoms with van der Waals surface area (Å²) in [5, 5.41) is 28.1. The maximum Gasteiger partial charge on any atom is 0.322 e. The fraction of sp³-hybridized carbons (Fsp3) is 0.538. The molecule has 0 aromatic rings. The first-order chi connectivity index (χ1) is 12.7. The second-order valence-electron chi connectivity index (χ2n) is 4.95. The second kappa shape index (κ2) is 13.0. The molecule has 0 rings (SSSR count). The molecule has 0 spiro atoms. The molecule has 0 radical (unpaired) electrons. The van der Waals surface area contributed by atoms with Gasteiger partial charge in [0.2, 0.25) is 29.5 Å². The highest BCUT2D eigenvalue weighted by Gasteiger charge is 2.20. The Hall–Kier alpha value is -3.26. The summed E-state index contributed by atoms with van der Waals surface area (Å²) < 4.78 is 0. The van der Waals surface area contributed by atoms with Crippen molar-refractivity contribution in [2.45, 2.75) is 6.04 Å². The lowest BCUT2D eigenvalue weighted by Gasteiger charge is -2.15. The third-order valence-electron chi connectivity index (χ3n) is 2.77. The van der Waals surface area contributed by atoms with Crippen molar-refractivity contribution in [3.05, 3.63) is 0 Å². The number of carboxylic acids is 1. The van der Waals surface area contributed by atoms with Gasteiger partial charge in [0.1, 0.15) is 12.6 Å². The zero-order valence-corrected chi connectivity index (χ0v) is 14.2. The van der Waals surface area contributed by atoms with E-state index in [1.165, 1.54) is 0 Å². The van der Waals surface area contributed by atoms with Crippen molar-refractivity contribution >= 4 is 35.5 Å². The number of carbonyl (C=O) groups excluding carboxylic acids is 5. The average Bonchev–Trinajstić information content (AvgIpc) is 2.64. The fourth-order valence-corrected chi connectivity index (χ4v) is 1.46. The quantitative estimate of drug-likeness (QED) is 0.158. The second-order valence-corrected chi connectivity index (χ2v) is 4.95. The molecule has 9 N–H and O–H groups in total. The molecule has 14 heteroatoms. The van der Waals surface area contributed by atoms with Gasteiger partial charge in [-0.25, -0.2) is 0 Å². The molecule has 0 aromatic carbocycles. The molecule has 0 fully saturated rings. The van der Waals surface area contributed by atoms with Gasteiger partial charge in [0.25, 0.3) is 0 Å². The van der Waals surface area contributed by atoms with E-state index in [4.69, 9.17) is 15.9 Å². The van der Waals surface area contributed by atoms with Crippen LogP contribution in [-0.2, 0) is 28.8 Å². The number of aliphatic hydroxyl groups excluding tert-OH is 1. The van der Waals surface area contributed by atoms with E-state index in [9.17, 15) is 28.8 Å². The lowest BCUT2D eigenvalue weighted by Crippen LogP contribution is -2.52. The van der Waals surface area contributed by atoms with E-state index in [0.717, 1.165) is 0 Å². The highest BCUT2D eigenvalue weighted by atomic mass is 16.4. The van der Waals surface area contributed by atoms with Crippen molar-refractivity contribution in [1.29, 1.82) is 0 Å². The Labute approximate surface area is 153 Å². The summed E-state index contributed by atoms with van der Waals surface area (Å²) in [4.78, 5) is 67.2. The van der Waals surface area contributed by atoms with Crippen LogP contribution >= 0.6 is 0 Å². The normalized spacial score (nSPS) is 10.9. The van der Waals surface area contributed by atoms with E-state index in [1.54, 1.807) is 0 Å². The van der Waals surface area contributed by atoms with Gasteiger partial charge >= 0.3 is 5.97 Å². The number of hydrogen-bond acceptors (Lipinski definition) is 8. The summed E-state index contributed by atoms with van der Waals surface area (Å²) in [5.41, 5.74) is 5.03. The summed E-state index contributed by atoms with van der Waals surface area (Å²) in [6.45, 7) is -3.14. The smallest absolute Gasteiger partial charge is 0.322 e. The van der Waals surface area contributed by atoms with Gasteiger partial charge in [-0.05, 0) is 0 Å². The first-order valence-electron chi connectivity index (χ1n) is 7.59. The molecule has 0 unspecified atom stereocenters. The lowest BCUT2D eigenvalue weighted by molar-refractivity contribution is -0.138. The van der Waals surface area contributed by atoms with Crippen LogP contribution < -0.4 is 32.3 Å². The standard InChI is InChI=1S/C13H22N6O8/c14-1-8(21)15-2-9(22)16-3-10(23)17-4-11(24)19-7(6-20)13(27)18-5-12(25)26/h7,20H,1-6,14H2,(H,15,21)(H,16,22)(H,17,23)(H,18,27)(H,19,24)(H,25,26)/t7-/m0/s1. The van der Waals surface area contributed by atoms with Crippen LogP contribution in [0.2, 0.25) is 0 Å². The highest BCUT2D eigenvalue weighted by Crippen LogP contribution is 1.83. The molecule has 0 bridgehead atoms. The molecule has 14 nitrogen and oxygen atoms in total. The van der Waals surface area contributed by atoms with Crippen molar-refractivity contribution in [2.75, 3.05) is 39.3 Å². The molecular formula is C13H22N6O8. The van der Waals surface area contributed by atoms with Crippen molar-refractivity contribution in [3.63, 3.8) is 0 Å². The van der Waals surface area contributed by atoms with E-state index in [1.807, 2.05) is 5.32 Å². The van der Waals surface area contributed by atoms with E-state index in [0.29, 0.717) is 0 Å². The molecule has 152 valence electrons. The predicted molar refractivity (Wildman–Crippen MR) is 87.7 cm³/mol. The minimum atomic E-state index is -1.39. The first kappa shape index (κ1) is 23.7. The summed E-state index contributed by atoms with van der Waals surface area (Å²) >= 11 is 0. The van der Waals surface area contributed by atoms with E-state index < -0.39 is 67.8 Å². The zero-order valence-electron chi connectivity index (χ0n) is 14.2. The Balaban J connectivity index is 4.12. The van der Waals surface area contributed by atoms with Crippen LogP contribution in [0.4, 0.5) is 0 Å². The molecule has 27 heavy (non-hydrogen) atoms. The van der Waals surface area contributed by atoms with Crippen LogP contribution in [0, 0.1) is 0 Å². The van der Waals surface area contributed by atoms with Crippen LogP contribution in [0.5, 0.6) is 0 Å². The Kier molecular flexibility index (Phi) is 11.4. The van der Waals surface area contributed by atoms with Crippen molar-refractivity contribution in [1.82, 2.24) is 26.6 Å². The number of aliphatic hydroxyl groups is 1. The van der Waals surface area contributed by atoms with Crippen LogP contribution in [0.1, 0.15) is 0 Å². The molecule has 0 saturated heterocycles. The van der Waals surface area contributed by atoms with Gasteiger partial charge in [0.05, 0.1) is 32.8 Å². The van der Waals surface area contributed by atoms with Gasteiger partial charge in [0, 0.05) is 0 Å². The first-order valence-corrected chi connectivity index (χ1v) is 7.59. The number of amides is 5. The minimum absolute atomic E-state index is 0.286. The number of rotatable bonds is 12. The van der Waals surface area contributed by atoms with E-state index in [-0.39, 0.29) is 13.1 Å². The molecule has 0 aliphatic rings. The Morgan fingerprint density at radius 3 is 1.67 bits per heavy atom. The third kappa shape index (κ3) is 11.8. The number of aliphatic carboxylic acids is 1. The molecule has 0 saturated carbocycles. The van der Waals surface area contributed by atoms with Gasteiger partial charge in [-0.3, -0.25) is 28.8 Å². The topological polar surface area (TPSA) is 229 Å². The monoisotopic (exact) mass is 390 g/mol. The average molecular weight is 390 g/mol. The van der Waals surface area contributed by atoms with Crippen LogP contribution in [0.25, 0.3) is 0 Å². The molecule has 0 aliphatic heterocycles. The number of carboxylic acid groups (broad SMARTS) is 1. The maximum atomic E-state index is 11.6. The Bertz CT molecular complexity index is 581. The predicted octanol–water partition coefficient (Wildman–Crippen LogP) is -6.03. The summed E-state index contributed by atoms with van der Waals surface area (Å²) in [6, 6.07) is -1.39. The molecular weight excluding hydrogens is 368 g/mol. The summed E-state index contributed by atoms with van der Waals surface area (Å²) in [5.74, 6) is -4.95. The minimum Gasteiger partial charge on any atom is -0.480 e. The number of carbonyl (C=O) groups is 6.